The minimum atomic E-state index is -3.84. The van der Waals surface area contributed by atoms with Gasteiger partial charge in [-0.25, -0.2) is 0 Å². The van der Waals surface area contributed by atoms with E-state index >= 15 is 0 Å². The maximum Gasteiger partial charge on any atom is 0.311 e. The van der Waals surface area contributed by atoms with E-state index in [1.54, 1.807) is 26.8 Å². The highest BCUT2D eigenvalue weighted by Crippen LogP contribution is 2.44. The molecule has 1 aromatic rings. The van der Waals surface area contributed by atoms with Gasteiger partial charge in [-0.3, -0.25) is 9.59 Å². The molecule has 144 valence electrons. The molecule has 8 heteroatoms. The number of carbonyl (C=O) groups is 2. The van der Waals surface area contributed by atoms with Crippen molar-refractivity contribution in [2.24, 2.45) is 5.41 Å². The standard InChI is InChI=1S/C18H24O7S/c1-18(2,3)17(20)24-10-11-6-8-13(19)12-7-9-14(23-4)16(15(11)12)25-26(5,21)22/h7,9,11H,6,8,10H2,1-5H3/t11-/m0/s1. The van der Waals surface area contributed by atoms with E-state index in [1.807, 2.05) is 0 Å². The molecule has 0 heterocycles. The summed E-state index contributed by atoms with van der Waals surface area (Å²) in [5.74, 6) is -0.655. The number of rotatable bonds is 5. The van der Waals surface area contributed by atoms with Gasteiger partial charge in [0.25, 0.3) is 0 Å². The largest absolute Gasteiger partial charge is 0.493 e. The Hall–Kier alpha value is -2.09. The van der Waals surface area contributed by atoms with Crippen molar-refractivity contribution in [2.45, 2.75) is 39.5 Å². The predicted molar refractivity (Wildman–Crippen MR) is 95.2 cm³/mol. The molecule has 0 radical (unpaired) electrons. The van der Waals surface area contributed by atoms with Crippen molar-refractivity contribution >= 4 is 21.9 Å². The van der Waals surface area contributed by atoms with Crippen molar-refractivity contribution in [1.82, 2.24) is 0 Å². The first-order valence-electron chi connectivity index (χ1n) is 8.25. The average molecular weight is 384 g/mol. The van der Waals surface area contributed by atoms with Crippen LogP contribution in [0.15, 0.2) is 12.1 Å². The van der Waals surface area contributed by atoms with Gasteiger partial charge < -0.3 is 13.7 Å². The Balaban J connectivity index is 2.47. The Morgan fingerprint density at radius 3 is 2.46 bits per heavy atom. The maximum atomic E-state index is 12.3. The van der Waals surface area contributed by atoms with Gasteiger partial charge in [-0.1, -0.05) is 0 Å². The molecule has 0 fully saturated rings. The summed E-state index contributed by atoms with van der Waals surface area (Å²) in [6, 6.07) is 3.09. The zero-order chi connectivity index (χ0) is 19.7. The molecule has 0 saturated heterocycles. The number of Topliss-reactive ketones (excluding diaryl/α,β-unsaturated/α-hetero) is 1. The van der Waals surface area contributed by atoms with Gasteiger partial charge in [0, 0.05) is 23.5 Å². The first kappa shape index (κ1) is 20.2. The molecule has 1 atom stereocenters. The summed E-state index contributed by atoms with van der Waals surface area (Å²) in [6.45, 7) is 5.27. The fourth-order valence-corrected chi connectivity index (χ4v) is 3.24. The lowest BCUT2D eigenvalue weighted by atomic mass is 9.81. The van der Waals surface area contributed by atoms with Crippen LogP contribution in [0.3, 0.4) is 0 Å². The molecule has 0 unspecified atom stereocenters. The third-order valence-electron chi connectivity index (χ3n) is 4.07. The van der Waals surface area contributed by atoms with E-state index in [1.165, 1.54) is 13.2 Å². The highest BCUT2D eigenvalue weighted by molar-refractivity contribution is 7.86. The highest BCUT2D eigenvalue weighted by atomic mass is 32.2. The van der Waals surface area contributed by atoms with E-state index in [0.29, 0.717) is 17.5 Å². The van der Waals surface area contributed by atoms with Crippen LogP contribution in [0.1, 0.15) is 55.5 Å². The first-order chi connectivity index (χ1) is 11.9. The zero-order valence-corrected chi connectivity index (χ0v) is 16.4. The minimum absolute atomic E-state index is 0.0163. The van der Waals surface area contributed by atoms with Crippen molar-refractivity contribution in [2.75, 3.05) is 20.0 Å². The van der Waals surface area contributed by atoms with Crippen molar-refractivity contribution in [3.8, 4) is 11.5 Å². The van der Waals surface area contributed by atoms with E-state index in [-0.39, 0.29) is 42.2 Å². The first-order valence-corrected chi connectivity index (χ1v) is 10.1. The van der Waals surface area contributed by atoms with Crippen molar-refractivity contribution < 1.29 is 31.7 Å². The molecule has 0 bridgehead atoms. The topological polar surface area (TPSA) is 96.0 Å². The van der Waals surface area contributed by atoms with Gasteiger partial charge >= 0.3 is 16.1 Å². The maximum absolute atomic E-state index is 12.3. The number of benzene rings is 1. The van der Waals surface area contributed by atoms with Gasteiger partial charge in [0.1, 0.15) is 0 Å². The van der Waals surface area contributed by atoms with Gasteiger partial charge in [-0.2, -0.15) is 8.42 Å². The fourth-order valence-electron chi connectivity index (χ4n) is 2.77. The molecule has 1 aromatic carbocycles. The summed E-state index contributed by atoms with van der Waals surface area (Å²) in [5, 5.41) is 0. The van der Waals surface area contributed by atoms with Crippen LogP contribution >= 0.6 is 0 Å². The second kappa shape index (κ2) is 7.26. The number of ether oxygens (including phenoxy) is 2. The van der Waals surface area contributed by atoms with Gasteiger partial charge in [0.05, 0.1) is 25.4 Å². The Bertz CT molecular complexity index is 819. The van der Waals surface area contributed by atoms with Gasteiger partial charge in [-0.15, -0.1) is 0 Å². The summed E-state index contributed by atoms with van der Waals surface area (Å²) < 4.78 is 39.1. The summed E-state index contributed by atoms with van der Waals surface area (Å²) in [4.78, 5) is 24.4. The lowest BCUT2D eigenvalue weighted by molar-refractivity contribution is -0.153. The monoisotopic (exact) mass is 384 g/mol. The quantitative estimate of drug-likeness (QED) is 0.569. The molecule has 0 N–H and O–H groups in total. The third kappa shape index (κ3) is 4.55. The SMILES string of the molecule is COc1ccc2c(c1OS(C)(=O)=O)[C@H](COC(=O)C(C)(C)C)CCC2=O. The number of methoxy groups -OCH3 is 1. The van der Waals surface area contributed by atoms with Crippen molar-refractivity contribution in [1.29, 1.82) is 0 Å². The van der Waals surface area contributed by atoms with Crippen LogP contribution in [0, 0.1) is 5.41 Å². The molecule has 0 aliphatic heterocycles. The van der Waals surface area contributed by atoms with Gasteiger partial charge in [0.2, 0.25) is 0 Å². The van der Waals surface area contributed by atoms with Crippen LogP contribution in [0.5, 0.6) is 11.5 Å². The minimum Gasteiger partial charge on any atom is -0.493 e. The lowest BCUT2D eigenvalue weighted by Crippen LogP contribution is -2.27. The molecule has 0 spiro atoms. The zero-order valence-electron chi connectivity index (χ0n) is 15.6. The van der Waals surface area contributed by atoms with Crippen LogP contribution < -0.4 is 8.92 Å². The summed E-state index contributed by atoms with van der Waals surface area (Å²) in [7, 11) is -2.45. The number of ketones is 1. The Kier molecular flexibility index (Phi) is 5.65. The van der Waals surface area contributed by atoms with Crippen LogP contribution in [0.4, 0.5) is 0 Å². The molecule has 0 aromatic heterocycles. The Labute approximate surface area is 153 Å². The second-order valence-electron chi connectivity index (χ2n) is 7.35. The van der Waals surface area contributed by atoms with E-state index in [9.17, 15) is 18.0 Å². The third-order valence-corrected chi connectivity index (χ3v) is 4.54. The van der Waals surface area contributed by atoms with Crippen LogP contribution in [0.25, 0.3) is 0 Å². The summed E-state index contributed by atoms with van der Waals surface area (Å²) in [5.41, 5.74) is 0.119. The molecule has 1 aliphatic carbocycles. The number of hydrogen-bond donors (Lipinski definition) is 0. The molecule has 7 nitrogen and oxygen atoms in total. The van der Waals surface area contributed by atoms with E-state index in [2.05, 4.69) is 0 Å². The Morgan fingerprint density at radius 2 is 1.92 bits per heavy atom. The number of carbonyl (C=O) groups excluding carboxylic acids is 2. The van der Waals surface area contributed by atoms with Gasteiger partial charge in [0.15, 0.2) is 17.3 Å². The summed E-state index contributed by atoms with van der Waals surface area (Å²) in [6.07, 6.45) is 1.64. The van der Waals surface area contributed by atoms with E-state index in [0.717, 1.165) is 6.26 Å². The normalized spacial score (nSPS) is 17.4. The van der Waals surface area contributed by atoms with Crippen LogP contribution in [-0.2, 0) is 19.6 Å². The smallest absolute Gasteiger partial charge is 0.311 e. The van der Waals surface area contributed by atoms with E-state index < -0.39 is 15.5 Å². The molecular formula is C18H24O7S. The van der Waals surface area contributed by atoms with Crippen LogP contribution in [-0.4, -0.2) is 40.1 Å². The molecule has 2 rings (SSSR count). The van der Waals surface area contributed by atoms with E-state index in [4.69, 9.17) is 13.7 Å². The molecule has 26 heavy (non-hydrogen) atoms. The number of hydrogen-bond acceptors (Lipinski definition) is 7. The molecule has 1 aliphatic rings. The predicted octanol–water partition coefficient (Wildman–Crippen LogP) is 2.68. The van der Waals surface area contributed by atoms with Crippen molar-refractivity contribution in [3.63, 3.8) is 0 Å². The van der Waals surface area contributed by atoms with Gasteiger partial charge in [-0.05, 0) is 39.3 Å². The summed E-state index contributed by atoms with van der Waals surface area (Å²) >= 11 is 0. The molecule has 0 amide bonds. The number of esters is 1. The van der Waals surface area contributed by atoms with Crippen molar-refractivity contribution in [3.05, 3.63) is 23.3 Å². The molecule has 0 saturated carbocycles. The molecular weight excluding hydrogens is 360 g/mol. The fraction of sp³-hybridized carbons (Fsp3) is 0.556. The highest BCUT2D eigenvalue weighted by Gasteiger charge is 2.34. The van der Waals surface area contributed by atoms with Crippen LogP contribution in [0.2, 0.25) is 0 Å². The Morgan fingerprint density at radius 1 is 1.27 bits per heavy atom. The second-order valence-corrected chi connectivity index (χ2v) is 8.93. The lowest BCUT2D eigenvalue weighted by Gasteiger charge is -2.28. The number of fused-ring (bicyclic) bond motifs is 1. The average Bonchev–Trinajstić information content (AvgIpc) is 2.52.